The fraction of sp³-hybridized carbons (Fsp3) is 0.267. The van der Waals surface area contributed by atoms with Crippen molar-refractivity contribution in [2.75, 3.05) is 0 Å². The predicted octanol–water partition coefficient (Wildman–Crippen LogP) is 3.98. The molecule has 0 unspecified atom stereocenters. The van der Waals surface area contributed by atoms with Crippen molar-refractivity contribution in [2.24, 2.45) is 0 Å². The van der Waals surface area contributed by atoms with Gasteiger partial charge in [0.1, 0.15) is 0 Å². The van der Waals surface area contributed by atoms with E-state index in [-0.39, 0.29) is 31.3 Å². The number of nitrogens with zero attached hydrogens (tertiary/aromatic N) is 1. The first-order chi connectivity index (χ1) is 7.98. The summed E-state index contributed by atoms with van der Waals surface area (Å²) in [5.41, 5.74) is 2.12. The van der Waals surface area contributed by atoms with Crippen LogP contribution >= 0.6 is 0 Å². The molecule has 0 amide bonds. The molecule has 1 radical (unpaired) electrons. The summed E-state index contributed by atoms with van der Waals surface area (Å²) in [6.07, 6.45) is 1.73. The fourth-order valence-corrected chi connectivity index (χ4v) is 1.72. The molecule has 1 nitrogen and oxygen atoms in total. The normalized spacial score (nSPS) is 10.9. The van der Waals surface area contributed by atoms with Gasteiger partial charge in [0.2, 0.25) is 0 Å². The topological polar surface area (TPSA) is 12.9 Å². The third-order valence-electron chi connectivity index (χ3n) is 2.65. The van der Waals surface area contributed by atoms with Crippen molar-refractivity contribution in [3.8, 4) is 11.3 Å². The molecule has 0 saturated heterocycles. The summed E-state index contributed by atoms with van der Waals surface area (Å²) in [5.74, 6) is -0.211. The van der Waals surface area contributed by atoms with Crippen LogP contribution < -0.4 is 0 Å². The maximum absolute atomic E-state index is 13.7. The average Bonchev–Trinajstić information content (AvgIpc) is 2.29. The molecule has 0 atom stereocenters. The SMILES string of the molecule is CC(C)(C)c1cc(-c2ccccn2)[c-]cc1F.[Ir]. The zero-order valence-corrected chi connectivity index (χ0v) is 13.0. The molecule has 1 aromatic carbocycles. The number of hydrogen-bond acceptors (Lipinski definition) is 1. The van der Waals surface area contributed by atoms with Crippen molar-refractivity contribution < 1.29 is 24.5 Å². The molecule has 0 saturated carbocycles. The third-order valence-corrected chi connectivity index (χ3v) is 2.65. The number of hydrogen-bond donors (Lipinski definition) is 0. The first-order valence-corrected chi connectivity index (χ1v) is 5.61. The van der Waals surface area contributed by atoms with E-state index in [1.165, 1.54) is 6.07 Å². The van der Waals surface area contributed by atoms with Crippen LogP contribution in [0.3, 0.4) is 0 Å². The van der Waals surface area contributed by atoms with E-state index in [0.717, 1.165) is 11.3 Å². The van der Waals surface area contributed by atoms with Crippen LogP contribution in [0.4, 0.5) is 4.39 Å². The Morgan fingerprint density at radius 3 is 2.50 bits per heavy atom. The summed E-state index contributed by atoms with van der Waals surface area (Å²) in [6, 6.07) is 11.8. The van der Waals surface area contributed by atoms with Crippen LogP contribution in [0.25, 0.3) is 11.3 Å². The Balaban J connectivity index is 0.00000162. The van der Waals surface area contributed by atoms with Crippen molar-refractivity contribution in [1.82, 2.24) is 4.98 Å². The summed E-state index contributed by atoms with van der Waals surface area (Å²) in [7, 11) is 0. The molecule has 0 aliphatic carbocycles. The molecule has 0 bridgehead atoms. The monoisotopic (exact) mass is 421 g/mol. The number of rotatable bonds is 1. The molecule has 1 aromatic heterocycles. The van der Waals surface area contributed by atoms with Crippen LogP contribution in [0.15, 0.2) is 36.5 Å². The van der Waals surface area contributed by atoms with E-state index in [1.807, 2.05) is 45.0 Å². The Bertz CT molecular complexity index is 518. The molecule has 97 valence electrons. The Morgan fingerprint density at radius 1 is 1.22 bits per heavy atom. The summed E-state index contributed by atoms with van der Waals surface area (Å²) < 4.78 is 13.7. The van der Waals surface area contributed by atoms with Crippen molar-refractivity contribution >= 4 is 0 Å². The maximum atomic E-state index is 13.7. The van der Waals surface area contributed by atoms with Crippen LogP contribution in [0.1, 0.15) is 26.3 Å². The minimum atomic E-state index is -0.220. The van der Waals surface area contributed by atoms with Gasteiger partial charge >= 0.3 is 0 Å². The van der Waals surface area contributed by atoms with Crippen LogP contribution in [0.2, 0.25) is 0 Å². The summed E-state index contributed by atoms with van der Waals surface area (Å²) in [5, 5.41) is 0. The van der Waals surface area contributed by atoms with Crippen molar-refractivity contribution in [2.45, 2.75) is 26.2 Å². The van der Waals surface area contributed by atoms with Gasteiger partial charge in [-0.25, -0.2) is 0 Å². The van der Waals surface area contributed by atoms with Gasteiger partial charge in [0.15, 0.2) is 0 Å². The molecule has 3 heteroatoms. The molecule has 0 aliphatic rings. The van der Waals surface area contributed by atoms with Crippen LogP contribution in [0, 0.1) is 11.9 Å². The van der Waals surface area contributed by atoms with Crippen LogP contribution in [-0.2, 0) is 25.5 Å². The number of benzene rings is 1. The Labute approximate surface area is 121 Å². The van der Waals surface area contributed by atoms with Gasteiger partial charge in [0.25, 0.3) is 0 Å². The van der Waals surface area contributed by atoms with Gasteiger partial charge in [-0.1, -0.05) is 38.5 Å². The molecule has 0 fully saturated rings. The average molecular weight is 421 g/mol. The van der Waals surface area contributed by atoms with E-state index < -0.39 is 0 Å². The second-order valence-electron chi connectivity index (χ2n) is 5.07. The number of aromatic nitrogens is 1. The summed E-state index contributed by atoms with van der Waals surface area (Å²) in [4.78, 5) is 4.25. The summed E-state index contributed by atoms with van der Waals surface area (Å²) in [6.45, 7) is 5.98. The molecule has 2 rings (SSSR count). The molecule has 0 N–H and O–H groups in total. The largest absolute Gasteiger partial charge is 0.305 e. The minimum Gasteiger partial charge on any atom is -0.305 e. The van der Waals surface area contributed by atoms with Gasteiger partial charge in [-0.05, 0) is 17.2 Å². The maximum Gasteiger partial charge on any atom is 0.0416 e. The quantitative estimate of drug-likeness (QED) is 0.636. The van der Waals surface area contributed by atoms with Crippen molar-refractivity contribution in [3.63, 3.8) is 0 Å². The number of halogens is 1. The molecular formula is C15H15FIrN-. The smallest absolute Gasteiger partial charge is 0.0416 e. The van der Waals surface area contributed by atoms with Crippen LogP contribution in [0.5, 0.6) is 0 Å². The van der Waals surface area contributed by atoms with Gasteiger partial charge in [-0.15, -0.1) is 23.8 Å². The molecule has 0 spiro atoms. The van der Waals surface area contributed by atoms with E-state index in [0.29, 0.717) is 5.56 Å². The predicted molar refractivity (Wildman–Crippen MR) is 67.2 cm³/mol. The molecule has 1 heterocycles. The van der Waals surface area contributed by atoms with Gasteiger partial charge in [0, 0.05) is 32.1 Å². The van der Waals surface area contributed by atoms with Gasteiger partial charge in [0.05, 0.1) is 0 Å². The fourth-order valence-electron chi connectivity index (χ4n) is 1.72. The van der Waals surface area contributed by atoms with E-state index in [1.54, 1.807) is 6.20 Å². The van der Waals surface area contributed by atoms with Gasteiger partial charge < -0.3 is 4.98 Å². The molecule has 2 aromatic rings. The van der Waals surface area contributed by atoms with Crippen molar-refractivity contribution in [1.29, 1.82) is 0 Å². The van der Waals surface area contributed by atoms with Gasteiger partial charge in [-0.3, -0.25) is 4.39 Å². The first-order valence-electron chi connectivity index (χ1n) is 5.61. The molecular weight excluding hydrogens is 405 g/mol. The molecule has 18 heavy (non-hydrogen) atoms. The minimum absolute atomic E-state index is 0. The standard InChI is InChI=1S/C15H15FN.Ir/c1-15(2,3)12-10-11(7-8-13(12)16)14-6-4-5-9-17-14;/h4-6,8-10H,1-3H3;/q-1;. The first kappa shape index (κ1) is 15.0. The number of pyridine rings is 1. The van der Waals surface area contributed by atoms with Crippen molar-refractivity contribution in [3.05, 3.63) is 54.0 Å². The van der Waals surface area contributed by atoms with E-state index in [9.17, 15) is 4.39 Å². The Hall–Kier alpha value is -1.05. The Kier molecular flexibility index (Phi) is 4.77. The van der Waals surface area contributed by atoms with E-state index >= 15 is 0 Å². The zero-order chi connectivity index (χ0) is 12.5. The zero-order valence-electron chi connectivity index (χ0n) is 10.6. The summed E-state index contributed by atoms with van der Waals surface area (Å²) >= 11 is 0. The third kappa shape index (κ3) is 3.24. The van der Waals surface area contributed by atoms with E-state index in [2.05, 4.69) is 11.1 Å². The van der Waals surface area contributed by atoms with Crippen LogP contribution in [-0.4, -0.2) is 4.98 Å². The van der Waals surface area contributed by atoms with E-state index in [4.69, 9.17) is 0 Å². The second-order valence-corrected chi connectivity index (χ2v) is 5.07. The van der Waals surface area contributed by atoms with Gasteiger partial charge in [-0.2, -0.15) is 0 Å². The Morgan fingerprint density at radius 2 is 1.94 bits per heavy atom. The molecule has 0 aliphatic heterocycles. The second kappa shape index (κ2) is 5.73.